The van der Waals surface area contributed by atoms with Gasteiger partial charge in [0.2, 0.25) is 5.78 Å². The third-order valence-electron chi connectivity index (χ3n) is 3.24. The van der Waals surface area contributed by atoms with Crippen molar-refractivity contribution in [2.75, 3.05) is 0 Å². The van der Waals surface area contributed by atoms with Gasteiger partial charge in [-0.15, -0.1) is 0 Å². The number of allylic oxidation sites excluding steroid dienone is 1. The first-order chi connectivity index (χ1) is 10.2. The minimum absolute atomic E-state index is 0.0537. The number of carbonyl (C=O) groups excluding carboxylic acids is 1. The zero-order valence-corrected chi connectivity index (χ0v) is 13.0. The Balaban J connectivity index is 2.01. The van der Waals surface area contributed by atoms with Gasteiger partial charge >= 0.3 is 0 Å². The topological polar surface area (TPSA) is 34.4 Å². The van der Waals surface area contributed by atoms with Crippen molar-refractivity contribution < 1.29 is 4.79 Å². The summed E-state index contributed by atoms with van der Waals surface area (Å²) >= 11 is 3.46. The zero-order valence-electron chi connectivity index (χ0n) is 11.5. The summed E-state index contributed by atoms with van der Waals surface area (Å²) in [4.78, 5) is 16.9. The molecule has 0 spiro atoms. The minimum Gasteiger partial charge on any atom is -0.296 e. The van der Waals surface area contributed by atoms with E-state index in [0.717, 1.165) is 21.4 Å². The minimum atomic E-state index is -0.0537. The second kappa shape index (κ2) is 5.66. The van der Waals surface area contributed by atoms with Crippen molar-refractivity contribution in [2.24, 2.45) is 0 Å². The largest absolute Gasteiger partial charge is 0.296 e. The molecule has 0 aliphatic carbocycles. The Morgan fingerprint density at radius 3 is 2.71 bits per heavy atom. The average molecular weight is 341 g/mol. The van der Waals surface area contributed by atoms with Crippen LogP contribution >= 0.6 is 15.9 Å². The Labute approximate surface area is 131 Å². The number of benzene rings is 1. The molecular weight excluding hydrogens is 328 g/mol. The van der Waals surface area contributed by atoms with Gasteiger partial charge in [-0.3, -0.25) is 9.20 Å². The molecule has 1 aromatic carbocycles. The van der Waals surface area contributed by atoms with Gasteiger partial charge in [0.1, 0.15) is 5.69 Å². The summed E-state index contributed by atoms with van der Waals surface area (Å²) in [5, 5.41) is 0. The van der Waals surface area contributed by atoms with Crippen LogP contribution in [0.4, 0.5) is 0 Å². The molecule has 0 aliphatic heterocycles. The quantitative estimate of drug-likeness (QED) is 0.526. The molecule has 2 aromatic heterocycles. The van der Waals surface area contributed by atoms with Crippen LogP contribution in [0.5, 0.6) is 0 Å². The van der Waals surface area contributed by atoms with Crippen molar-refractivity contribution in [3.8, 4) is 0 Å². The lowest BCUT2D eigenvalue weighted by Gasteiger charge is -1.99. The number of nitrogens with zero attached hydrogens (tertiary/aromatic N) is 2. The van der Waals surface area contributed by atoms with Gasteiger partial charge in [-0.25, -0.2) is 4.98 Å². The number of aryl methyl sites for hydroxylation is 1. The summed E-state index contributed by atoms with van der Waals surface area (Å²) in [5.41, 5.74) is 3.08. The first-order valence-electron chi connectivity index (χ1n) is 6.57. The number of hydrogen-bond acceptors (Lipinski definition) is 2. The number of imidazole rings is 1. The van der Waals surface area contributed by atoms with Gasteiger partial charge in [-0.1, -0.05) is 36.4 Å². The summed E-state index contributed by atoms with van der Waals surface area (Å²) in [7, 11) is 0. The molecular formula is C17H13BrN2O. The Morgan fingerprint density at radius 2 is 1.95 bits per heavy atom. The van der Waals surface area contributed by atoms with Crippen LogP contribution in [0, 0.1) is 6.92 Å². The third-order valence-corrected chi connectivity index (χ3v) is 3.86. The van der Waals surface area contributed by atoms with Crippen LogP contribution in [0.25, 0.3) is 11.7 Å². The highest BCUT2D eigenvalue weighted by Gasteiger charge is 2.15. The van der Waals surface area contributed by atoms with Crippen LogP contribution in [-0.4, -0.2) is 15.2 Å². The Bertz CT molecular complexity index is 835. The van der Waals surface area contributed by atoms with Crippen molar-refractivity contribution in [3.05, 3.63) is 76.2 Å². The summed E-state index contributed by atoms with van der Waals surface area (Å²) < 4.78 is 2.69. The molecule has 0 saturated carbocycles. The molecule has 3 aromatic rings. The van der Waals surface area contributed by atoms with E-state index < -0.39 is 0 Å². The number of halogens is 1. The van der Waals surface area contributed by atoms with Gasteiger partial charge in [0.15, 0.2) is 5.65 Å². The summed E-state index contributed by atoms with van der Waals surface area (Å²) in [6.07, 6.45) is 5.26. The van der Waals surface area contributed by atoms with E-state index in [1.807, 2.05) is 66.1 Å². The summed E-state index contributed by atoms with van der Waals surface area (Å²) in [6.45, 7) is 1.85. The number of carbonyl (C=O) groups is 1. The average Bonchev–Trinajstić information content (AvgIpc) is 2.84. The Kier molecular flexibility index (Phi) is 3.71. The van der Waals surface area contributed by atoms with Crippen LogP contribution in [0.1, 0.15) is 21.7 Å². The van der Waals surface area contributed by atoms with Crippen LogP contribution in [-0.2, 0) is 0 Å². The van der Waals surface area contributed by atoms with Crippen LogP contribution in [0.3, 0.4) is 0 Å². The zero-order chi connectivity index (χ0) is 14.8. The fourth-order valence-corrected chi connectivity index (χ4v) is 2.69. The number of hydrogen-bond donors (Lipinski definition) is 0. The highest BCUT2D eigenvalue weighted by molar-refractivity contribution is 9.10. The predicted octanol–water partition coefficient (Wildman–Crippen LogP) is 4.30. The van der Waals surface area contributed by atoms with Gasteiger partial charge in [0.05, 0.1) is 10.2 Å². The number of aromatic nitrogens is 2. The monoisotopic (exact) mass is 340 g/mol. The summed E-state index contributed by atoms with van der Waals surface area (Å²) in [5.74, 6) is -0.0537. The van der Waals surface area contributed by atoms with Crippen LogP contribution in [0.2, 0.25) is 0 Å². The molecule has 0 N–H and O–H groups in total. The first-order valence-corrected chi connectivity index (χ1v) is 7.37. The molecule has 4 heteroatoms. The molecule has 0 bridgehead atoms. The van der Waals surface area contributed by atoms with E-state index in [1.54, 1.807) is 6.08 Å². The van der Waals surface area contributed by atoms with Crippen molar-refractivity contribution in [1.82, 2.24) is 9.38 Å². The molecule has 21 heavy (non-hydrogen) atoms. The molecule has 104 valence electrons. The normalized spacial score (nSPS) is 11.3. The fraction of sp³-hybridized carbons (Fsp3) is 0.0588. The Morgan fingerprint density at radius 1 is 1.19 bits per heavy atom. The highest BCUT2D eigenvalue weighted by atomic mass is 79.9. The standard InChI is InChI=1S/C17H13BrN2O/c1-12-16(20-11-5-8-14(18)17(20)19-12)15(21)10-9-13-6-3-2-4-7-13/h2-11H,1H3/b10-9+. The molecule has 0 atom stereocenters. The second-order valence-corrected chi connectivity index (χ2v) is 5.56. The van der Waals surface area contributed by atoms with Crippen molar-refractivity contribution >= 4 is 33.4 Å². The smallest absolute Gasteiger partial charge is 0.204 e. The van der Waals surface area contributed by atoms with Crippen molar-refractivity contribution in [2.45, 2.75) is 6.92 Å². The SMILES string of the molecule is Cc1nc2c(Br)cccn2c1C(=O)/C=C/c1ccccc1. The molecule has 0 unspecified atom stereocenters. The highest BCUT2D eigenvalue weighted by Crippen LogP contribution is 2.21. The van der Waals surface area contributed by atoms with Gasteiger partial charge in [0, 0.05) is 6.20 Å². The van der Waals surface area contributed by atoms with E-state index in [4.69, 9.17) is 0 Å². The molecule has 0 fully saturated rings. The first kappa shape index (κ1) is 13.8. The number of fused-ring (bicyclic) bond motifs is 1. The summed E-state index contributed by atoms with van der Waals surface area (Å²) in [6, 6.07) is 13.6. The van der Waals surface area contributed by atoms with E-state index in [1.165, 1.54) is 0 Å². The number of ketones is 1. The number of pyridine rings is 1. The number of rotatable bonds is 3. The molecule has 0 radical (unpaired) electrons. The molecule has 3 nitrogen and oxygen atoms in total. The fourth-order valence-electron chi connectivity index (χ4n) is 2.26. The maximum absolute atomic E-state index is 12.5. The van der Waals surface area contributed by atoms with Gasteiger partial charge in [-0.2, -0.15) is 0 Å². The molecule has 2 heterocycles. The van der Waals surface area contributed by atoms with E-state index in [-0.39, 0.29) is 5.78 Å². The maximum atomic E-state index is 12.5. The predicted molar refractivity (Wildman–Crippen MR) is 87.4 cm³/mol. The van der Waals surface area contributed by atoms with E-state index in [2.05, 4.69) is 20.9 Å². The van der Waals surface area contributed by atoms with Crippen LogP contribution in [0.15, 0.2) is 59.2 Å². The van der Waals surface area contributed by atoms with Crippen molar-refractivity contribution in [3.63, 3.8) is 0 Å². The lowest BCUT2D eigenvalue weighted by Crippen LogP contribution is -2.02. The van der Waals surface area contributed by atoms with Crippen molar-refractivity contribution in [1.29, 1.82) is 0 Å². The van der Waals surface area contributed by atoms with E-state index in [9.17, 15) is 4.79 Å². The van der Waals surface area contributed by atoms with Gasteiger partial charge in [-0.05, 0) is 46.6 Å². The van der Waals surface area contributed by atoms with E-state index in [0.29, 0.717) is 5.69 Å². The lowest BCUT2D eigenvalue weighted by atomic mass is 10.1. The lowest BCUT2D eigenvalue weighted by molar-refractivity contribution is 0.104. The third kappa shape index (κ3) is 2.67. The van der Waals surface area contributed by atoms with E-state index >= 15 is 0 Å². The maximum Gasteiger partial charge on any atom is 0.204 e. The molecule has 3 rings (SSSR count). The Hall–Kier alpha value is -2.20. The molecule has 0 amide bonds. The van der Waals surface area contributed by atoms with Gasteiger partial charge < -0.3 is 0 Å². The second-order valence-electron chi connectivity index (χ2n) is 4.70. The van der Waals surface area contributed by atoms with Gasteiger partial charge in [0.25, 0.3) is 0 Å². The van der Waals surface area contributed by atoms with Crippen LogP contribution < -0.4 is 0 Å². The molecule has 0 saturated heterocycles. The molecule has 0 aliphatic rings.